The van der Waals surface area contributed by atoms with E-state index in [1.54, 1.807) is 7.11 Å². The number of nitrogens with zero attached hydrogens (tertiary/aromatic N) is 1. The zero-order chi connectivity index (χ0) is 33.0. The van der Waals surface area contributed by atoms with Crippen LogP contribution in [0.5, 0.6) is 5.75 Å². The number of carbonyl (C=O) groups excluding carboxylic acids is 1. The summed E-state index contributed by atoms with van der Waals surface area (Å²) >= 11 is 0. The van der Waals surface area contributed by atoms with Gasteiger partial charge in [-0.3, -0.25) is 4.79 Å². The van der Waals surface area contributed by atoms with Gasteiger partial charge in [-0.25, -0.2) is 0 Å². The van der Waals surface area contributed by atoms with Crippen LogP contribution < -0.4 is 4.74 Å². The highest BCUT2D eigenvalue weighted by atomic mass is 16.5. The van der Waals surface area contributed by atoms with Crippen molar-refractivity contribution in [3.05, 3.63) is 112 Å². The summed E-state index contributed by atoms with van der Waals surface area (Å²) in [5.74, 6) is 1.42. The molecule has 0 spiro atoms. The Balaban J connectivity index is 1.30. The van der Waals surface area contributed by atoms with Gasteiger partial charge in [-0.05, 0) is 143 Å². The fourth-order valence-electron chi connectivity index (χ4n) is 8.76. The monoisotopic (exact) mass is 635 g/mol. The molecule has 3 aliphatic carbocycles. The third-order valence-electron chi connectivity index (χ3n) is 11.8. The molecular weight excluding hydrogens is 582 g/mol. The Kier molecular flexibility index (Phi) is 10.4. The molecule has 2 bridgehead atoms. The Bertz CT molecular complexity index is 1540. The number of ether oxygens (including phenoxy) is 1. The smallest absolute Gasteiger partial charge is 0.193 e. The predicted molar refractivity (Wildman–Crippen MR) is 189 cm³/mol. The largest absolute Gasteiger partial charge is 0.497 e. The minimum atomic E-state index is -0.863. The van der Waals surface area contributed by atoms with E-state index in [2.05, 4.69) is 67.3 Å². The number of methoxy groups -OCH3 is 1. The van der Waals surface area contributed by atoms with E-state index in [1.165, 1.54) is 11.1 Å². The highest BCUT2D eigenvalue weighted by Crippen LogP contribution is 2.59. The molecule has 7 rings (SSSR count). The molecule has 4 aliphatic rings. The molecule has 5 nitrogen and oxygen atoms in total. The molecule has 0 amide bonds. The minimum absolute atomic E-state index is 0.0138. The number of carbonyl (C=O) groups is 1. The number of hydrogen-bond acceptors (Lipinski definition) is 5. The SMILES string of the molecule is COc1ccc(C(=O)c2cc3ccc2[C@@H]2CC[C@@](O)(CN4CCC(Cc5ccccc5)CC4)[C@@]2(C)CCC=C(C)CC[C@H](O)C3)cc1. The highest BCUT2D eigenvalue weighted by Gasteiger charge is 2.57. The molecule has 3 aromatic rings. The van der Waals surface area contributed by atoms with Gasteiger partial charge < -0.3 is 19.8 Å². The molecule has 1 saturated carbocycles. The first-order valence-electron chi connectivity index (χ1n) is 17.8. The average molecular weight is 636 g/mol. The Morgan fingerprint density at radius 2 is 1.70 bits per heavy atom. The molecule has 250 valence electrons. The van der Waals surface area contributed by atoms with Crippen LogP contribution in [-0.2, 0) is 12.8 Å². The first-order valence-corrected chi connectivity index (χ1v) is 17.8. The number of rotatable bonds is 7. The lowest BCUT2D eigenvalue weighted by Gasteiger charge is -2.47. The summed E-state index contributed by atoms with van der Waals surface area (Å²) in [4.78, 5) is 16.8. The second-order valence-electron chi connectivity index (χ2n) is 14.9. The average Bonchev–Trinajstić information content (AvgIpc) is 3.33. The summed E-state index contributed by atoms with van der Waals surface area (Å²) in [6.45, 7) is 7.15. The zero-order valence-corrected chi connectivity index (χ0v) is 28.6. The van der Waals surface area contributed by atoms with Crippen LogP contribution >= 0.6 is 0 Å². The lowest BCUT2D eigenvalue weighted by atomic mass is 9.64. The number of aliphatic hydroxyl groups excluding tert-OH is 1. The fraction of sp³-hybridized carbons (Fsp3) is 0.500. The van der Waals surface area contributed by atoms with Crippen LogP contribution in [0.25, 0.3) is 0 Å². The first-order chi connectivity index (χ1) is 22.7. The third kappa shape index (κ3) is 7.43. The molecule has 3 aromatic carbocycles. The number of β-amino-alcohol motifs (C(OH)–C–C–N with tert-alkyl or cyclic N) is 1. The van der Waals surface area contributed by atoms with Gasteiger partial charge in [0.15, 0.2) is 5.78 Å². The molecule has 2 fully saturated rings. The first kappa shape index (κ1) is 33.6. The number of allylic oxidation sites excluding steroid dienone is 2. The van der Waals surface area contributed by atoms with E-state index in [4.69, 9.17) is 4.74 Å². The van der Waals surface area contributed by atoms with Gasteiger partial charge in [0.2, 0.25) is 0 Å². The summed E-state index contributed by atoms with van der Waals surface area (Å²) in [5.41, 5.74) is 4.77. The molecule has 0 radical (unpaired) electrons. The summed E-state index contributed by atoms with van der Waals surface area (Å²) < 4.78 is 5.35. The Morgan fingerprint density at radius 3 is 2.43 bits per heavy atom. The predicted octanol–water partition coefficient (Wildman–Crippen LogP) is 7.92. The van der Waals surface area contributed by atoms with Gasteiger partial charge >= 0.3 is 0 Å². The maximum atomic E-state index is 14.3. The van der Waals surface area contributed by atoms with Crippen LogP contribution in [0.3, 0.4) is 0 Å². The van der Waals surface area contributed by atoms with Crippen LogP contribution in [-0.4, -0.2) is 59.3 Å². The van der Waals surface area contributed by atoms with Gasteiger partial charge in [0.25, 0.3) is 0 Å². The molecule has 0 aromatic heterocycles. The van der Waals surface area contributed by atoms with Crippen molar-refractivity contribution in [2.24, 2.45) is 11.3 Å². The lowest BCUT2D eigenvalue weighted by molar-refractivity contribution is -0.0873. The number of aliphatic hydroxyl groups is 2. The van der Waals surface area contributed by atoms with Crippen molar-refractivity contribution in [1.29, 1.82) is 0 Å². The van der Waals surface area contributed by atoms with Crippen LogP contribution in [0.1, 0.15) is 104 Å². The molecule has 1 heterocycles. The number of hydrogen-bond donors (Lipinski definition) is 2. The van der Waals surface area contributed by atoms with E-state index < -0.39 is 17.1 Å². The standard InChI is InChI=1S/C42H53NO4/c1-30-8-7-22-41(2)39(19-23-42(41,46)29-43-24-20-32(21-25-43)26-31-9-5-4-6-10-31)37-18-12-33(27-35(44)15-11-30)28-38(37)40(45)34-13-16-36(47-3)17-14-34/h4-6,8-10,12-14,16-18,28,32,35,39,44,46H,7,11,15,19-27,29H2,1-3H3/t35-,39-,41-,42+/m0/s1. The van der Waals surface area contributed by atoms with Crippen LogP contribution in [0, 0.1) is 11.3 Å². The van der Waals surface area contributed by atoms with E-state index in [-0.39, 0.29) is 11.7 Å². The molecule has 0 unspecified atom stereocenters. The van der Waals surface area contributed by atoms with Crippen molar-refractivity contribution in [3.63, 3.8) is 0 Å². The van der Waals surface area contributed by atoms with E-state index >= 15 is 0 Å². The molecule has 47 heavy (non-hydrogen) atoms. The van der Waals surface area contributed by atoms with E-state index in [9.17, 15) is 15.0 Å². The van der Waals surface area contributed by atoms with Crippen molar-refractivity contribution in [2.45, 2.75) is 95.7 Å². The molecule has 2 N–H and O–H groups in total. The Morgan fingerprint density at radius 1 is 0.957 bits per heavy atom. The normalized spacial score (nSPS) is 27.6. The summed E-state index contributed by atoms with van der Waals surface area (Å²) in [6, 6.07) is 24.4. The van der Waals surface area contributed by atoms with Crippen molar-refractivity contribution in [1.82, 2.24) is 4.90 Å². The maximum absolute atomic E-state index is 14.3. The number of ketones is 1. The van der Waals surface area contributed by atoms with E-state index in [0.29, 0.717) is 42.2 Å². The molecule has 4 atom stereocenters. The second kappa shape index (κ2) is 14.5. The van der Waals surface area contributed by atoms with Crippen molar-refractivity contribution < 1.29 is 19.7 Å². The van der Waals surface area contributed by atoms with E-state index in [0.717, 1.165) is 75.6 Å². The molecule has 1 aliphatic heterocycles. The van der Waals surface area contributed by atoms with Crippen molar-refractivity contribution >= 4 is 5.78 Å². The van der Waals surface area contributed by atoms with Gasteiger partial charge in [0.05, 0.1) is 18.8 Å². The summed E-state index contributed by atoms with van der Waals surface area (Å²) in [5, 5.41) is 23.7. The number of likely N-dealkylation sites (tertiary alicyclic amines) is 1. The summed E-state index contributed by atoms with van der Waals surface area (Å²) in [7, 11) is 1.63. The second-order valence-corrected chi connectivity index (χ2v) is 14.9. The fourth-order valence-corrected chi connectivity index (χ4v) is 8.76. The minimum Gasteiger partial charge on any atom is -0.497 e. The Hall–Kier alpha value is -3.25. The van der Waals surface area contributed by atoms with Gasteiger partial charge in [0, 0.05) is 23.1 Å². The third-order valence-corrected chi connectivity index (χ3v) is 11.8. The van der Waals surface area contributed by atoms with Gasteiger partial charge in [-0.2, -0.15) is 0 Å². The topological polar surface area (TPSA) is 70.0 Å². The lowest BCUT2D eigenvalue weighted by Crippen LogP contribution is -2.53. The van der Waals surface area contributed by atoms with Gasteiger partial charge in [-0.15, -0.1) is 0 Å². The number of benzene rings is 3. The van der Waals surface area contributed by atoms with Crippen molar-refractivity contribution in [2.75, 3.05) is 26.7 Å². The highest BCUT2D eigenvalue weighted by molar-refractivity contribution is 6.10. The van der Waals surface area contributed by atoms with E-state index in [1.807, 2.05) is 30.3 Å². The quantitative estimate of drug-likeness (QED) is 0.204. The zero-order valence-electron chi connectivity index (χ0n) is 28.6. The Labute approximate surface area is 281 Å². The van der Waals surface area contributed by atoms with Crippen molar-refractivity contribution in [3.8, 4) is 5.75 Å². The number of piperidine rings is 1. The molecular formula is C42H53NO4. The summed E-state index contributed by atoms with van der Waals surface area (Å²) in [6.07, 6.45) is 10.6. The number of fused-ring (bicyclic) bond motifs is 8. The van der Waals surface area contributed by atoms with Crippen LogP contribution in [0.15, 0.2) is 84.4 Å². The van der Waals surface area contributed by atoms with Crippen LogP contribution in [0.2, 0.25) is 0 Å². The van der Waals surface area contributed by atoms with Gasteiger partial charge in [-0.1, -0.05) is 61.0 Å². The molecule has 5 heteroatoms. The molecule has 1 saturated heterocycles. The van der Waals surface area contributed by atoms with Gasteiger partial charge in [0.1, 0.15) is 5.75 Å². The maximum Gasteiger partial charge on any atom is 0.193 e. The van der Waals surface area contributed by atoms with Crippen LogP contribution in [0.4, 0.5) is 0 Å².